The fourth-order valence-electron chi connectivity index (χ4n) is 5.76. The molecule has 1 atom stereocenters. The molecule has 1 aliphatic carbocycles. The minimum atomic E-state index is -0.270. The van der Waals surface area contributed by atoms with Crippen LogP contribution in [0.25, 0.3) is 5.57 Å². The number of hydrogen-bond donors (Lipinski definition) is 0. The van der Waals surface area contributed by atoms with E-state index >= 15 is 0 Å². The first-order valence-electron chi connectivity index (χ1n) is 14.6. The number of fused-ring (bicyclic) bond motifs is 1. The van der Waals surface area contributed by atoms with Crippen LogP contribution in [0.1, 0.15) is 63.1 Å². The molecule has 2 aliphatic rings. The third-order valence-electron chi connectivity index (χ3n) is 7.78. The molecule has 1 saturated heterocycles. The number of nitrogens with zero attached hydrogens (tertiary/aromatic N) is 1. The Morgan fingerprint density at radius 1 is 1.05 bits per heavy atom. The molecular formula is C34H43F2NO3. The van der Waals surface area contributed by atoms with Gasteiger partial charge < -0.3 is 9.47 Å². The molecule has 2 aromatic rings. The molecule has 1 fully saturated rings. The lowest BCUT2D eigenvalue weighted by Crippen LogP contribution is -2.26. The first-order valence-corrected chi connectivity index (χ1v) is 14.6. The predicted octanol–water partition coefficient (Wildman–Crippen LogP) is 8.02. The summed E-state index contributed by atoms with van der Waals surface area (Å²) in [4.78, 5) is 6.32. The minimum Gasteiger partial charge on any atom is -0.489 e. The molecule has 2 aromatic carbocycles. The minimum absolute atomic E-state index is 0.133. The molecule has 216 valence electrons. The number of likely N-dealkylation sites (tertiary alicyclic amines) is 1. The van der Waals surface area contributed by atoms with Crippen LogP contribution in [-0.4, -0.2) is 50.5 Å². The second kappa shape index (κ2) is 15.2. The summed E-state index contributed by atoms with van der Waals surface area (Å²) >= 11 is 0. The topological polar surface area (TPSA) is 30.9 Å². The van der Waals surface area contributed by atoms with Gasteiger partial charge in [0.2, 0.25) is 0 Å². The summed E-state index contributed by atoms with van der Waals surface area (Å²) in [7, 11) is 0. The highest BCUT2D eigenvalue weighted by Crippen LogP contribution is 2.37. The van der Waals surface area contributed by atoms with E-state index in [0.717, 1.165) is 68.6 Å². The van der Waals surface area contributed by atoms with Gasteiger partial charge in [-0.2, -0.15) is 0 Å². The van der Waals surface area contributed by atoms with Gasteiger partial charge in [-0.15, -0.1) is 0 Å². The Hall–Kier alpha value is -2.96. The van der Waals surface area contributed by atoms with Gasteiger partial charge in [-0.25, -0.2) is 0 Å². The van der Waals surface area contributed by atoms with Crippen molar-refractivity contribution in [3.63, 3.8) is 0 Å². The second-order valence-corrected chi connectivity index (χ2v) is 10.9. The van der Waals surface area contributed by atoms with Crippen LogP contribution in [0, 0.1) is 0 Å². The highest BCUT2D eigenvalue weighted by Gasteiger charge is 2.24. The zero-order chi connectivity index (χ0) is 28.3. The van der Waals surface area contributed by atoms with Gasteiger partial charge in [0.25, 0.3) is 0 Å². The number of benzene rings is 2. The van der Waals surface area contributed by atoms with E-state index in [4.69, 9.17) is 9.47 Å². The molecule has 0 amide bonds. The molecule has 0 saturated carbocycles. The van der Waals surface area contributed by atoms with Crippen molar-refractivity contribution in [2.24, 2.45) is 0 Å². The Balaban J connectivity index is 1.64. The van der Waals surface area contributed by atoms with E-state index < -0.39 is 0 Å². The Bertz CT molecular complexity index is 1200. The first kappa shape index (κ1) is 30.0. The average Bonchev–Trinajstić information content (AvgIpc) is 3.40. The fraction of sp³-hybridized carbons (Fsp3) is 0.471. The van der Waals surface area contributed by atoms with Gasteiger partial charge in [0, 0.05) is 30.8 Å². The van der Waals surface area contributed by atoms with Crippen LogP contribution in [0.4, 0.5) is 8.92 Å². The van der Waals surface area contributed by atoms with Crippen LogP contribution in [0.5, 0.6) is 11.5 Å². The summed E-state index contributed by atoms with van der Waals surface area (Å²) in [6.07, 6.45) is 9.48. The van der Waals surface area contributed by atoms with Gasteiger partial charge in [-0.3, -0.25) is 14.2 Å². The smallest absolute Gasteiger partial charge is 0.172 e. The van der Waals surface area contributed by atoms with Crippen molar-refractivity contribution < 1.29 is 23.3 Å². The SMILES string of the molecule is CCOC/C=C\C(=C(C)C)/C1=C(\c2ccc(O[C@H]3CCN(CCCF)C3)cc2)Cc2ccc(OF)cc2CCC1. The largest absolute Gasteiger partial charge is 0.489 e. The normalized spacial score (nSPS) is 19.8. The maximum atomic E-state index is 12.9. The van der Waals surface area contributed by atoms with Crippen LogP contribution in [-0.2, 0) is 17.6 Å². The third-order valence-corrected chi connectivity index (χ3v) is 7.78. The Labute approximate surface area is 238 Å². The summed E-state index contributed by atoms with van der Waals surface area (Å²) < 4.78 is 37.4. The first-order chi connectivity index (χ1) is 19.5. The predicted molar refractivity (Wildman–Crippen MR) is 158 cm³/mol. The van der Waals surface area contributed by atoms with Crippen molar-refractivity contribution in [1.82, 2.24) is 4.90 Å². The lowest BCUT2D eigenvalue weighted by molar-refractivity contribution is -0.00630. The second-order valence-electron chi connectivity index (χ2n) is 10.9. The molecule has 4 nitrogen and oxygen atoms in total. The molecule has 4 rings (SSSR count). The van der Waals surface area contributed by atoms with E-state index in [1.807, 2.05) is 19.1 Å². The molecule has 0 aromatic heterocycles. The van der Waals surface area contributed by atoms with Gasteiger partial charge in [-0.1, -0.05) is 35.9 Å². The van der Waals surface area contributed by atoms with Crippen molar-refractivity contribution in [2.75, 3.05) is 39.5 Å². The zero-order valence-corrected chi connectivity index (χ0v) is 24.2. The van der Waals surface area contributed by atoms with Crippen molar-refractivity contribution in [3.8, 4) is 11.5 Å². The van der Waals surface area contributed by atoms with E-state index in [1.54, 1.807) is 6.07 Å². The zero-order valence-electron chi connectivity index (χ0n) is 24.2. The molecule has 0 spiro atoms. The number of hydrogen-bond acceptors (Lipinski definition) is 4. The van der Waals surface area contributed by atoms with E-state index in [-0.39, 0.29) is 18.5 Å². The number of aryl methyl sites for hydroxylation is 1. The highest BCUT2D eigenvalue weighted by atomic mass is 19.3. The standard InChI is InChI=1S/C34H43F2NO3/c1-4-38-21-6-10-32(25(2)3)33-9-5-8-27-22-30(40-36)16-13-28(27)23-34(33)26-11-14-29(15-12-26)39-31-17-20-37(24-31)19-7-18-35/h6,10-16,22,31H,4-5,7-9,17-21,23-24H2,1-3H3/b10-6-,34-33-/t31-/m0/s1. The lowest BCUT2D eigenvalue weighted by Gasteiger charge is -2.23. The van der Waals surface area contributed by atoms with E-state index in [0.29, 0.717) is 19.6 Å². The van der Waals surface area contributed by atoms with Crippen molar-refractivity contribution >= 4 is 5.57 Å². The van der Waals surface area contributed by atoms with Gasteiger partial charge >= 0.3 is 0 Å². The summed E-state index contributed by atoms with van der Waals surface area (Å²) in [5.41, 5.74) is 8.63. The maximum absolute atomic E-state index is 12.9. The molecule has 6 heteroatoms. The van der Waals surface area contributed by atoms with Gasteiger partial charge in [0.15, 0.2) is 5.75 Å². The summed E-state index contributed by atoms with van der Waals surface area (Å²) in [6, 6.07) is 14.0. The van der Waals surface area contributed by atoms with Crippen molar-refractivity contribution in [2.45, 2.75) is 65.4 Å². The van der Waals surface area contributed by atoms with E-state index in [2.05, 4.69) is 60.1 Å². The third kappa shape index (κ3) is 8.05. The molecule has 0 radical (unpaired) electrons. The van der Waals surface area contributed by atoms with Crippen molar-refractivity contribution in [3.05, 3.63) is 88.0 Å². The molecule has 0 unspecified atom stereocenters. The van der Waals surface area contributed by atoms with Crippen molar-refractivity contribution in [1.29, 1.82) is 0 Å². The van der Waals surface area contributed by atoms with Crippen LogP contribution in [0.3, 0.4) is 0 Å². The Morgan fingerprint density at radius 2 is 1.85 bits per heavy atom. The van der Waals surface area contributed by atoms with Crippen LogP contribution >= 0.6 is 0 Å². The average molecular weight is 552 g/mol. The Morgan fingerprint density at radius 3 is 2.58 bits per heavy atom. The maximum Gasteiger partial charge on any atom is 0.172 e. The molecule has 1 heterocycles. The fourth-order valence-corrected chi connectivity index (χ4v) is 5.76. The number of halogens is 2. The number of alkyl halides is 1. The Kier molecular flexibility index (Phi) is 11.4. The number of ether oxygens (including phenoxy) is 2. The van der Waals surface area contributed by atoms with Crippen LogP contribution in [0.2, 0.25) is 0 Å². The summed E-state index contributed by atoms with van der Waals surface area (Å²) in [5.74, 6) is 1.11. The molecule has 0 bridgehead atoms. The lowest BCUT2D eigenvalue weighted by atomic mass is 9.82. The van der Waals surface area contributed by atoms with Crippen LogP contribution < -0.4 is 9.68 Å². The molecule has 0 N–H and O–H groups in total. The van der Waals surface area contributed by atoms with E-state index in [1.165, 1.54) is 27.9 Å². The molecular weight excluding hydrogens is 508 g/mol. The summed E-state index contributed by atoms with van der Waals surface area (Å²) in [6.45, 7) is 9.93. The number of rotatable bonds is 12. The molecule has 1 aliphatic heterocycles. The quantitative estimate of drug-likeness (QED) is 0.197. The van der Waals surface area contributed by atoms with E-state index in [9.17, 15) is 8.92 Å². The highest BCUT2D eigenvalue weighted by molar-refractivity contribution is 5.76. The van der Waals surface area contributed by atoms with Gasteiger partial charge in [0.05, 0.1) is 13.3 Å². The molecule has 40 heavy (non-hydrogen) atoms. The number of allylic oxidation sites excluding steroid dienone is 5. The summed E-state index contributed by atoms with van der Waals surface area (Å²) in [5, 5.41) is 0. The monoisotopic (exact) mass is 551 g/mol. The van der Waals surface area contributed by atoms with Gasteiger partial charge in [-0.05, 0) is 117 Å². The van der Waals surface area contributed by atoms with Crippen LogP contribution in [0.15, 0.2) is 71.3 Å². The van der Waals surface area contributed by atoms with Gasteiger partial charge in [0.1, 0.15) is 11.9 Å².